The Kier molecular flexibility index (Phi) is 30.5. The lowest BCUT2D eigenvalue weighted by molar-refractivity contribution is -0.131. The Morgan fingerprint density at radius 2 is 0.617 bits per heavy atom. The molecule has 12 aromatic rings. The topological polar surface area (TPSA) is 346 Å². The first-order valence-corrected chi connectivity index (χ1v) is 46.3. The molecule has 3 aliphatic heterocycles. The Labute approximate surface area is 836 Å². The van der Waals surface area contributed by atoms with Gasteiger partial charge in [-0.2, -0.15) is 29.0 Å². The zero-order chi connectivity index (χ0) is 104. The summed E-state index contributed by atoms with van der Waals surface area (Å²) in [6.07, 6.45) is 8.41. The molecular formula is C99H87Cl7F8N18O9. The van der Waals surface area contributed by atoms with Gasteiger partial charge in [0.25, 0.3) is 16.7 Å². The average Bonchev–Trinajstić information content (AvgIpc) is 0.725. The number of anilines is 3. The van der Waals surface area contributed by atoms with Crippen LogP contribution in [0.25, 0.3) is 83.9 Å². The van der Waals surface area contributed by atoms with Crippen LogP contribution in [-0.4, -0.2) is 167 Å². The lowest BCUT2D eigenvalue weighted by atomic mass is 10.0. The molecule has 0 bridgehead atoms. The van der Waals surface area contributed by atoms with Crippen LogP contribution in [0.2, 0.25) is 35.2 Å². The maximum absolute atomic E-state index is 15.4. The van der Waals surface area contributed by atoms with Crippen molar-refractivity contribution in [3.05, 3.63) is 256 Å². The number of aromatic hydroxyl groups is 3. The highest BCUT2D eigenvalue weighted by Gasteiger charge is 2.43. The van der Waals surface area contributed by atoms with E-state index in [-0.39, 0.29) is 199 Å². The second kappa shape index (κ2) is 41.0. The molecule has 27 nitrogen and oxygen atoms in total. The minimum atomic E-state index is -1.82. The van der Waals surface area contributed by atoms with Crippen LogP contribution < -0.4 is 31.4 Å². The van der Waals surface area contributed by atoms with Gasteiger partial charge in [-0.15, -0.1) is 0 Å². The minimum Gasteiger partial charge on any atom is -0.504 e. The van der Waals surface area contributed by atoms with Crippen molar-refractivity contribution in [1.29, 1.82) is 15.8 Å². The second-order valence-corrected chi connectivity index (χ2v) is 37.9. The first-order chi connectivity index (χ1) is 66.5. The summed E-state index contributed by atoms with van der Waals surface area (Å²) in [5.41, 5.74) is -2.18. The van der Waals surface area contributed by atoms with Crippen LogP contribution in [-0.2, 0) is 14.4 Å². The third-order valence-corrected chi connectivity index (χ3v) is 27.1. The molecule has 12 heterocycles. The molecule has 3 N–H and O–H groups in total. The molecule has 3 saturated heterocycles. The van der Waals surface area contributed by atoms with Gasteiger partial charge in [0.1, 0.15) is 61.9 Å². The van der Waals surface area contributed by atoms with E-state index in [0.717, 1.165) is 9.13 Å². The molecule has 732 valence electrons. The number of nitrogens with zero attached hydrogens (tertiary/aromatic N) is 18. The van der Waals surface area contributed by atoms with Crippen LogP contribution in [0.5, 0.6) is 17.2 Å². The van der Waals surface area contributed by atoms with Crippen molar-refractivity contribution in [1.82, 2.24) is 58.3 Å². The van der Waals surface area contributed by atoms with E-state index in [1.54, 1.807) is 82.1 Å². The molecule has 0 saturated carbocycles. The predicted molar refractivity (Wildman–Crippen MR) is 527 cm³/mol. The van der Waals surface area contributed by atoms with E-state index in [2.05, 4.69) is 55.7 Å². The van der Waals surface area contributed by atoms with Gasteiger partial charge in [-0.1, -0.05) is 142 Å². The average molecular weight is 2070 g/mol. The Hall–Kier alpha value is -13.4. The molecule has 0 radical (unpaired) electrons. The smallest absolute Gasteiger partial charge is 0.276 e. The molecule has 141 heavy (non-hydrogen) atoms. The number of pyridine rings is 9. The number of benzene rings is 3. The Balaban J connectivity index is 0.000000178. The van der Waals surface area contributed by atoms with Gasteiger partial charge < -0.3 is 44.7 Å². The number of amides is 3. The molecule has 3 amide bonds. The summed E-state index contributed by atoms with van der Waals surface area (Å²) in [5, 5.41) is 59.2. The van der Waals surface area contributed by atoms with Gasteiger partial charge >= 0.3 is 0 Å². The Morgan fingerprint density at radius 3 is 0.851 bits per heavy atom. The third-order valence-electron chi connectivity index (χ3n) is 24.8. The van der Waals surface area contributed by atoms with E-state index >= 15 is 8.78 Å². The van der Waals surface area contributed by atoms with Gasteiger partial charge in [-0.25, -0.2) is 36.9 Å². The summed E-state index contributed by atoms with van der Waals surface area (Å²) in [7, 11) is 0. The molecule has 3 fully saturated rings. The molecular weight excluding hydrogens is 1990 g/mol. The number of halogens is 15. The summed E-state index contributed by atoms with van der Waals surface area (Å²) in [6.45, 7) is 39.4. The number of carbonyl (C=O) groups excluding carboxylic acids is 3. The number of nitriles is 3. The molecule has 6 atom stereocenters. The van der Waals surface area contributed by atoms with Crippen molar-refractivity contribution in [3.8, 4) is 86.3 Å². The number of piperazine rings is 3. The van der Waals surface area contributed by atoms with Gasteiger partial charge in [0.15, 0.2) is 46.3 Å². The molecule has 9 aromatic heterocycles. The molecule has 15 rings (SSSR count). The van der Waals surface area contributed by atoms with Crippen molar-refractivity contribution in [2.45, 2.75) is 158 Å². The molecule has 0 unspecified atom stereocenters. The number of aromatic nitrogens is 9. The molecule has 3 aliphatic rings. The van der Waals surface area contributed by atoms with Crippen LogP contribution >= 0.6 is 81.2 Å². The maximum Gasteiger partial charge on any atom is 0.276 e. The normalized spacial score (nSPS) is 16.6. The van der Waals surface area contributed by atoms with Crippen LogP contribution in [0.4, 0.5) is 52.2 Å². The number of phenolic OH excluding ortho intramolecular Hbond substituents is 3. The lowest BCUT2D eigenvalue weighted by Crippen LogP contribution is -2.58. The minimum absolute atomic E-state index is 0.0253. The highest BCUT2D eigenvalue weighted by atomic mass is 35.5. The largest absolute Gasteiger partial charge is 0.504 e. The van der Waals surface area contributed by atoms with E-state index in [1.165, 1.54) is 41.0 Å². The summed E-state index contributed by atoms with van der Waals surface area (Å²) in [6, 6.07) is 13.1. The van der Waals surface area contributed by atoms with E-state index < -0.39 is 129 Å². The number of fused-ring (bicyclic) bond motifs is 3. The Bertz CT molecular complexity index is 6870. The highest BCUT2D eigenvalue weighted by molar-refractivity contribution is 6.45. The standard InChI is InChI=1S/C33H29Cl3F2N6O3.2C33H29Cl2F3N6O3/c1-7-21(45)43-16(5)12-42(13-17(43)6)30-18-10-20(34)28(22-23(35)24(36)25(37)26(38)31(22)46)41-32(18)44(33(47)19(30)11-39)29-15(4)8-9-40-27(29)14(2)3;2*1-7-21(45)43-16(5)12-42(13-17(43)6)30-18-10-20(34)28(22-24(36)23(35)25(37)26(38)31(22)46)41-32(18)44(33(47)19(30)11-39)29-15(4)8-9-40-27(29)14(2)3/h3*7-10,14,16-17,46H,1,12-13H2,2-6H3/t3*16-,17+. The van der Waals surface area contributed by atoms with Crippen molar-refractivity contribution < 1.29 is 64.8 Å². The zero-order valence-corrected chi connectivity index (χ0v) is 83.3. The number of rotatable bonds is 15. The summed E-state index contributed by atoms with van der Waals surface area (Å²) in [4.78, 5) is 119. The first-order valence-electron chi connectivity index (χ1n) is 43.7. The van der Waals surface area contributed by atoms with Gasteiger partial charge in [0, 0.05) is 110 Å². The fourth-order valence-corrected chi connectivity index (χ4v) is 20.3. The third kappa shape index (κ3) is 18.2. The number of carbonyl (C=O) groups is 3. The number of phenols is 3. The van der Waals surface area contributed by atoms with Gasteiger partial charge in [0.2, 0.25) is 35.2 Å². The van der Waals surface area contributed by atoms with E-state index in [1.807, 2.05) is 100 Å². The van der Waals surface area contributed by atoms with E-state index in [0.29, 0.717) is 50.8 Å². The van der Waals surface area contributed by atoms with Crippen molar-refractivity contribution in [2.24, 2.45) is 0 Å². The number of aryl methyl sites for hydroxylation is 3. The van der Waals surface area contributed by atoms with Gasteiger partial charge in [0.05, 0.1) is 110 Å². The number of hydrogen-bond acceptors (Lipinski definition) is 21. The summed E-state index contributed by atoms with van der Waals surface area (Å²) >= 11 is 43.9. The first kappa shape index (κ1) is 105. The van der Waals surface area contributed by atoms with Crippen molar-refractivity contribution in [2.75, 3.05) is 54.0 Å². The molecule has 0 spiro atoms. The van der Waals surface area contributed by atoms with Crippen LogP contribution in [0, 0.1) is 101 Å². The molecule has 3 aromatic carbocycles. The molecule has 0 aliphatic carbocycles. The lowest BCUT2D eigenvalue weighted by Gasteiger charge is -2.45. The monoisotopic (exact) mass is 2070 g/mol. The quantitative estimate of drug-likeness (QED) is 0.0371. The van der Waals surface area contributed by atoms with Crippen LogP contribution in [0.3, 0.4) is 0 Å². The summed E-state index contributed by atoms with van der Waals surface area (Å²) < 4.78 is 121. The van der Waals surface area contributed by atoms with Crippen molar-refractivity contribution in [3.63, 3.8) is 0 Å². The SMILES string of the molecule is C=CC(=O)N1[C@H](C)CN(c2c(C#N)c(=O)n(-c3c(C)ccnc3C(C)C)c3nc(-c4c(O)c(F)c(F)c(Cl)c4Cl)c(Cl)cc23)C[C@@H]1C.C=CC(=O)N1[C@H](C)CN(c2c(C#N)c(=O)n(-c3c(C)ccnc3C(C)C)c3nc(-c4c(O)c(F)c(F)c(Cl)c4F)c(Cl)cc23)C[C@@H]1C.C=CC(=O)N1[C@H](C)CN(c2c(C#N)c(=O)n(-c3c(C)ccnc3C(C)C)c3nc(-c4c(O)c(F)c(F)c(Cl)c4F)c(Cl)cc23)C[C@@H]1C. The van der Waals surface area contributed by atoms with Gasteiger partial charge in [-0.3, -0.25) is 57.4 Å². The fraction of sp³-hybridized carbons (Fsp3) is 0.303. The highest BCUT2D eigenvalue weighted by Crippen LogP contribution is 2.51. The second-order valence-electron chi connectivity index (χ2n) is 35.1. The zero-order valence-electron chi connectivity index (χ0n) is 78.0. The predicted octanol–water partition coefficient (Wildman–Crippen LogP) is 20.9. The number of hydrogen-bond donors (Lipinski definition) is 3. The van der Waals surface area contributed by atoms with E-state index in [9.17, 15) is 86.2 Å². The fourth-order valence-electron chi connectivity index (χ4n) is 18.7. The maximum atomic E-state index is 15.4. The van der Waals surface area contributed by atoms with Gasteiger partial charge in [-0.05, 0) is 151 Å². The van der Waals surface area contributed by atoms with Crippen molar-refractivity contribution >= 4 is 149 Å². The Morgan fingerprint density at radius 1 is 0.383 bits per heavy atom. The summed E-state index contributed by atoms with van der Waals surface area (Å²) in [5.74, 6) is -18.9. The van der Waals surface area contributed by atoms with Crippen LogP contribution in [0.15, 0.2) is 107 Å². The van der Waals surface area contributed by atoms with E-state index in [4.69, 9.17) is 81.2 Å². The van der Waals surface area contributed by atoms with Crippen LogP contribution in [0.1, 0.15) is 151 Å². The molecule has 42 heteroatoms.